The summed E-state index contributed by atoms with van der Waals surface area (Å²) in [5.74, 6) is 1.71. The summed E-state index contributed by atoms with van der Waals surface area (Å²) in [5.41, 5.74) is 0. The Labute approximate surface area is 89.5 Å². The van der Waals surface area contributed by atoms with Crippen molar-refractivity contribution in [3.63, 3.8) is 0 Å². The minimum Gasteiger partial charge on any atom is -0.481 e. The van der Waals surface area contributed by atoms with E-state index in [0.717, 1.165) is 18.8 Å². The van der Waals surface area contributed by atoms with Gasteiger partial charge in [-0.3, -0.25) is 4.79 Å². The van der Waals surface area contributed by atoms with Crippen LogP contribution < -0.4 is 0 Å². The largest absolute Gasteiger partial charge is 0.481 e. The molecule has 4 aliphatic carbocycles. The molecule has 3 nitrogen and oxygen atoms in total. The lowest BCUT2D eigenvalue weighted by atomic mass is 9.50. The van der Waals surface area contributed by atoms with Gasteiger partial charge in [0.25, 0.3) is 0 Å². The monoisotopic (exact) mass is 210 g/mol. The molecule has 84 valence electrons. The van der Waals surface area contributed by atoms with Gasteiger partial charge < -0.3 is 10.2 Å². The molecule has 4 aliphatic rings. The molecule has 3 heteroatoms. The second-order valence-electron chi connectivity index (χ2n) is 5.75. The number of aliphatic hydroxyl groups excluding tert-OH is 1. The third kappa shape index (κ3) is 1.40. The summed E-state index contributed by atoms with van der Waals surface area (Å²) in [5, 5.41) is 19.0. The van der Waals surface area contributed by atoms with Crippen molar-refractivity contribution >= 4 is 5.97 Å². The predicted octanol–water partition coefficient (Wildman–Crippen LogP) is 1.50. The zero-order valence-corrected chi connectivity index (χ0v) is 8.80. The molecule has 4 saturated carbocycles. The number of aliphatic hydroxyl groups is 1. The van der Waals surface area contributed by atoms with Crippen LogP contribution in [0.25, 0.3) is 0 Å². The molecule has 0 radical (unpaired) electrons. The van der Waals surface area contributed by atoms with Gasteiger partial charge in [-0.05, 0) is 55.3 Å². The zero-order chi connectivity index (χ0) is 10.6. The Morgan fingerprint density at radius 3 is 2.60 bits per heavy atom. The molecule has 4 bridgehead atoms. The summed E-state index contributed by atoms with van der Waals surface area (Å²) in [6, 6.07) is 0. The van der Waals surface area contributed by atoms with Crippen LogP contribution in [0.5, 0.6) is 0 Å². The maximum Gasteiger partial charge on any atom is 0.303 e. The van der Waals surface area contributed by atoms with Crippen molar-refractivity contribution in [3.05, 3.63) is 0 Å². The Bertz CT molecular complexity index is 289. The molecule has 0 aromatic rings. The smallest absolute Gasteiger partial charge is 0.303 e. The molecule has 0 aromatic heterocycles. The van der Waals surface area contributed by atoms with Crippen LogP contribution in [-0.2, 0) is 4.79 Å². The standard InChI is InChI=1S/C12H18O3/c13-11(14)5-9-7-1-6-2-8(4-7)12(15)10(9)3-6/h6-10,12,15H,1-5H2,(H,13,14). The zero-order valence-electron chi connectivity index (χ0n) is 8.80. The molecule has 0 saturated heterocycles. The molecule has 6 atom stereocenters. The number of hydrogen-bond acceptors (Lipinski definition) is 2. The van der Waals surface area contributed by atoms with E-state index in [1.54, 1.807) is 0 Å². The highest BCUT2D eigenvalue weighted by Crippen LogP contribution is 2.57. The number of carbonyl (C=O) groups is 1. The normalized spacial score (nSPS) is 52.1. The first kappa shape index (κ1) is 9.64. The molecule has 0 heterocycles. The molecule has 2 N–H and O–H groups in total. The first-order valence-corrected chi connectivity index (χ1v) is 6.05. The summed E-state index contributed by atoms with van der Waals surface area (Å²) < 4.78 is 0. The van der Waals surface area contributed by atoms with Crippen molar-refractivity contribution in [1.29, 1.82) is 0 Å². The lowest BCUT2D eigenvalue weighted by Gasteiger charge is -2.56. The molecule has 0 aliphatic heterocycles. The number of carboxylic acids is 1. The van der Waals surface area contributed by atoms with E-state index in [1.807, 2.05) is 0 Å². The third-order valence-corrected chi connectivity index (χ3v) is 4.97. The van der Waals surface area contributed by atoms with Gasteiger partial charge in [0.1, 0.15) is 0 Å². The van der Waals surface area contributed by atoms with Crippen LogP contribution in [0, 0.1) is 29.6 Å². The van der Waals surface area contributed by atoms with Gasteiger partial charge in [-0.25, -0.2) is 0 Å². The van der Waals surface area contributed by atoms with Gasteiger partial charge in [0.2, 0.25) is 0 Å². The molecule has 6 unspecified atom stereocenters. The van der Waals surface area contributed by atoms with E-state index in [2.05, 4.69) is 0 Å². The van der Waals surface area contributed by atoms with E-state index >= 15 is 0 Å². The number of aliphatic carboxylic acids is 1. The SMILES string of the molecule is O=C(O)CC1C2CC3CC(C2)C(O)C1C3. The van der Waals surface area contributed by atoms with Gasteiger partial charge in [0.05, 0.1) is 6.10 Å². The summed E-state index contributed by atoms with van der Waals surface area (Å²) in [6.45, 7) is 0. The quantitative estimate of drug-likeness (QED) is 0.726. The minimum atomic E-state index is -0.695. The Morgan fingerprint density at radius 1 is 1.13 bits per heavy atom. The van der Waals surface area contributed by atoms with Crippen molar-refractivity contribution < 1.29 is 15.0 Å². The van der Waals surface area contributed by atoms with E-state index in [0.29, 0.717) is 11.8 Å². The molecule has 0 aromatic carbocycles. The molecule has 0 amide bonds. The summed E-state index contributed by atoms with van der Waals surface area (Å²) >= 11 is 0. The Balaban J connectivity index is 1.82. The molecular formula is C12H18O3. The van der Waals surface area contributed by atoms with E-state index in [4.69, 9.17) is 5.11 Å². The summed E-state index contributed by atoms with van der Waals surface area (Å²) in [4.78, 5) is 10.8. The first-order valence-electron chi connectivity index (χ1n) is 6.05. The maximum absolute atomic E-state index is 10.8. The highest BCUT2D eigenvalue weighted by atomic mass is 16.4. The molecule has 0 spiro atoms. The van der Waals surface area contributed by atoms with Crippen LogP contribution in [0.4, 0.5) is 0 Å². The van der Waals surface area contributed by atoms with Crippen molar-refractivity contribution in [2.45, 2.75) is 38.2 Å². The minimum absolute atomic E-state index is 0.206. The Kier molecular flexibility index (Phi) is 2.06. The van der Waals surface area contributed by atoms with E-state index in [1.165, 1.54) is 12.8 Å². The second kappa shape index (κ2) is 3.21. The average Bonchev–Trinajstić information content (AvgIpc) is 2.18. The van der Waals surface area contributed by atoms with Gasteiger partial charge >= 0.3 is 5.97 Å². The second-order valence-corrected chi connectivity index (χ2v) is 5.75. The van der Waals surface area contributed by atoms with Crippen LogP contribution in [0.15, 0.2) is 0 Å². The highest BCUT2D eigenvalue weighted by molar-refractivity contribution is 5.67. The van der Waals surface area contributed by atoms with Gasteiger partial charge in [-0.1, -0.05) is 0 Å². The van der Waals surface area contributed by atoms with Crippen LogP contribution in [-0.4, -0.2) is 22.3 Å². The van der Waals surface area contributed by atoms with E-state index in [9.17, 15) is 9.90 Å². The van der Waals surface area contributed by atoms with Crippen molar-refractivity contribution in [2.75, 3.05) is 0 Å². The van der Waals surface area contributed by atoms with Crippen molar-refractivity contribution in [3.8, 4) is 0 Å². The fourth-order valence-electron chi connectivity index (χ4n) is 4.53. The molecule has 4 fully saturated rings. The molecular weight excluding hydrogens is 192 g/mol. The average molecular weight is 210 g/mol. The van der Waals surface area contributed by atoms with Gasteiger partial charge in [0.15, 0.2) is 0 Å². The number of carboxylic acid groups (broad SMARTS) is 1. The lowest BCUT2D eigenvalue weighted by molar-refractivity contribution is -0.153. The maximum atomic E-state index is 10.8. The molecule has 4 rings (SSSR count). The third-order valence-electron chi connectivity index (χ3n) is 4.97. The van der Waals surface area contributed by atoms with Gasteiger partial charge in [0, 0.05) is 6.42 Å². The fourth-order valence-corrected chi connectivity index (χ4v) is 4.53. The van der Waals surface area contributed by atoms with Gasteiger partial charge in [-0.15, -0.1) is 0 Å². The summed E-state index contributed by atoms with van der Waals surface area (Å²) in [6.07, 6.45) is 4.62. The topological polar surface area (TPSA) is 57.5 Å². The van der Waals surface area contributed by atoms with E-state index in [-0.39, 0.29) is 24.4 Å². The first-order chi connectivity index (χ1) is 7.15. The Hall–Kier alpha value is -0.570. The lowest BCUT2D eigenvalue weighted by Crippen LogP contribution is -2.53. The van der Waals surface area contributed by atoms with Crippen LogP contribution >= 0.6 is 0 Å². The van der Waals surface area contributed by atoms with Crippen LogP contribution in [0.3, 0.4) is 0 Å². The predicted molar refractivity (Wildman–Crippen MR) is 54.2 cm³/mol. The van der Waals surface area contributed by atoms with E-state index < -0.39 is 5.97 Å². The van der Waals surface area contributed by atoms with Crippen LogP contribution in [0.2, 0.25) is 0 Å². The Morgan fingerprint density at radius 2 is 1.87 bits per heavy atom. The number of rotatable bonds is 2. The van der Waals surface area contributed by atoms with Crippen molar-refractivity contribution in [1.82, 2.24) is 0 Å². The number of hydrogen-bond donors (Lipinski definition) is 2. The van der Waals surface area contributed by atoms with Gasteiger partial charge in [-0.2, -0.15) is 0 Å². The molecule has 15 heavy (non-hydrogen) atoms. The van der Waals surface area contributed by atoms with Crippen LogP contribution in [0.1, 0.15) is 32.1 Å². The van der Waals surface area contributed by atoms with Crippen molar-refractivity contribution in [2.24, 2.45) is 29.6 Å². The summed E-state index contributed by atoms with van der Waals surface area (Å²) in [7, 11) is 0. The highest BCUT2D eigenvalue weighted by Gasteiger charge is 2.53. The fraction of sp³-hybridized carbons (Fsp3) is 0.917.